The van der Waals surface area contributed by atoms with Gasteiger partial charge in [-0.25, -0.2) is 0 Å². The first kappa shape index (κ1) is 17.5. The Morgan fingerprint density at radius 1 is 1.12 bits per heavy atom. The van der Waals surface area contributed by atoms with E-state index < -0.39 is 0 Å². The van der Waals surface area contributed by atoms with Gasteiger partial charge in [-0.2, -0.15) is 5.26 Å². The van der Waals surface area contributed by atoms with Crippen LogP contribution in [0, 0.1) is 30.1 Å². The minimum atomic E-state index is -0.364. The van der Waals surface area contributed by atoms with Crippen molar-refractivity contribution in [3.63, 3.8) is 0 Å². The smallest absolute Gasteiger partial charge is 0.228 e. The number of benzene rings is 2. The number of methoxy groups -OCH3 is 1. The molecule has 0 aliphatic heterocycles. The zero-order valence-electron chi connectivity index (χ0n) is 14.6. The van der Waals surface area contributed by atoms with Gasteiger partial charge in [-0.05, 0) is 49.2 Å². The zero-order valence-corrected chi connectivity index (χ0v) is 14.6. The number of nitrogens with zero attached hydrogens (tertiary/aromatic N) is 1. The molecule has 2 aromatic carbocycles. The van der Waals surface area contributed by atoms with Gasteiger partial charge >= 0.3 is 0 Å². The Kier molecular flexibility index (Phi) is 4.90. The standard InChI is InChI=1S/C20H19N3O3/c1-12-6-7-18(26-2)17(8-12)23-20(25)16-10-15(16)19(24)22-14-5-3-4-13(9-14)11-21/h3-9,15-16H,10H2,1-2H3,(H,22,24)(H,23,25). The van der Waals surface area contributed by atoms with Crippen LogP contribution in [0.1, 0.15) is 17.5 Å². The molecule has 0 radical (unpaired) electrons. The highest BCUT2D eigenvalue weighted by molar-refractivity contribution is 6.03. The van der Waals surface area contributed by atoms with Crippen LogP contribution in [0.2, 0.25) is 0 Å². The molecule has 0 bridgehead atoms. The van der Waals surface area contributed by atoms with E-state index in [1.807, 2.05) is 25.1 Å². The predicted molar refractivity (Wildman–Crippen MR) is 97.7 cm³/mol. The molecule has 2 N–H and O–H groups in total. The normalized spacial score (nSPS) is 17.7. The SMILES string of the molecule is COc1ccc(C)cc1NC(=O)C1CC1C(=O)Nc1cccc(C#N)c1. The molecule has 1 aliphatic rings. The highest BCUT2D eigenvalue weighted by Crippen LogP contribution is 2.41. The van der Waals surface area contributed by atoms with Crippen LogP contribution in [-0.2, 0) is 9.59 Å². The van der Waals surface area contributed by atoms with E-state index in [0.29, 0.717) is 29.1 Å². The number of rotatable bonds is 5. The molecule has 6 nitrogen and oxygen atoms in total. The van der Waals surface area contributed by atoms with E-state index in [-0.39, 0.29) is 23.7 Å². The van der Waals surface area contributed by atoms with Crippen molar-refractivity contribution in [2.75, 3.05) is 17.7 Å². The molecular formula is C20H19N3O3. The van der Waals surface area contributed by atoms with Crippen molar-refractivity contribution in [1.29, 1.82) is 5.26 Å². The lowest BCUT2D eigenvalue weighted by Gasteiger charge is -2.11. The van der Waals surface area contributed by atoms with Gasteiger partial charge in [0.15, 0.2) is 0 Å². The van der Waals surface area contributed by atoms with Crippen LogP contribution in [0.15, 0.2) is 42.5 Å². The van der Waals surface area contributed by atoms with Gasteiger partial charge in [0.25, 0.3) is 0 Å². The zero-order chi connectivity index (χ0) is 18.7. The minimum Gasteiger partial charge on any atom is -0.495 e. The van der Waals surface area contributed by atoms with Crippen molar-refractivity contribution < 1.29 is 14.3 Å². The number of ether oxygens (including phenoxy) is 1. The molecule has 0 heterocycles. The van der Waals surface area contributed by atoms with Crippen LogP contribution < -0.4 is 15.4 Å². The second-order valence-corrected chi connectivity index (χ2v) is 6.32. The number of hydrogen-bond donors (Lipinski definition) is 2. The van der Waals surface area contributed by atoms with E-state index in [0.717, 1.165) is 5.56 Å². The van der Waals surface area contributed by atoms with Gasteiger partial charge in [0.2, 0.25) is 11.8 Å². The summed E-state index contributed by atoms with van der Waals surface area (Å²) in [4.78, 5) is 24.8. The van der Waals surface area contributed by atoms with E-state index >= 15 is 0 Å². The first-order valence-corrected chi connectivity index (χ1v) is 8.28. The maximum atomic E-state index is 12.4. The van der Waals surface area contributed by atoms with Gasteiger partial charge in [-0.3, -0.25) is 9.59 Å². The quantitative estimate of drug-likeness (QED) is 0.868. The molecule has 1 saturated carbocycles. The van der Waals surface area contributed by atoms with E-state index in [1.54, 1.807) is 37.4 Å². The van der Waals surface area contributed by atoms with Crippen molar-refractivity contribution in [3.8, 4) is 11.8 Å². The first-order chi connectivity index (χ1) is 12.5. The van der Waals surface area contributed by atoms with Gasteiger partial charge in [-0.1, -0.05) is 12.1 Å². The lowest BCUT2D eigenvalue weighted by molar-refractivity contribution is -0.122. The van der Waals surface area contributed by atoms with Crippen LogP contribution in [0.5, 0.6) is 5.75 Å². The molecule has 6 heteroatoms. The summed E-state index contributed by atoms with van der Waals surface area (Å²) in [6, 6.07) is 14.2. The molecule has 26 heavy (non-hydrogen) atoms. The summed E-state index contributed by atoms with van der Waals surface area (Å²) in [5.74, 6) is -0.550. The van der Waals surface area contributed by atoms with Crippen molar-refractivity contribution in [3.05, 3.63) is 53.6 Å². The Labute approximate surface area is 151 Å². The van der Waals surface area contributed by atoms with E-state index in [4.69, 9.17) is 10.00 Å². The third-order valence-corrected chi connectivity index (χ3v) is 4.34. The summed E-state index contributed by atoms with van der Waals surface area (Å²) >= 11 is 0. The first-order valence-electron chi connectivity index (χ1n) is 8.28. The number of amides is 2. The van der Waals surface area contributed by atoms with Gasteiger partial charge in [0.1, 0.15) is 5.75 Å². The molecule has 0 aromatic heterocycles. The Morgan fingerprint density at radius 3 is 2.54 bits per heavy atom. The van der Waals surface area contributed by atoms with Crippen molar-refractivity contribution in [1.82, 2.24) is 0 Å². The lowest BCUT2D eigenvalue weighted by Crippen LogP contribution is -2.20. The van der Waals surface area contributed by atoms with Crippen LogP contribution in [-0.4, -0.2) is 18.9 Å². The van der Waals surface area contributed by atoms with Gasteiger partial charge in [0.05, 0.1) is 36.3 Å². The van der Waals surface area contributed by atoms with Gasteiger partial charge in [-0.15, -0.1) is 0 Å². The van der Waals surface area contributed by atoms with E-state index in [9.17, 15) is 9.59 Å². The fourth-order valence-electron chi connectivity index (χ4n) is 2.82. The highest BCUT2D eigenvalue weighted by Gasteiger charge is 2.48. The second kappa shape index (κ2) is 7.28. The largest absolute Gasteiger partial charge is 0.495 e. The molecule has 132 valence electrons. The van der Waals surface area contributed by atoms with Gasteiger partial charge < -0.3 is 15.4 Å². The molecule has 2 atom stereocenters. The van der Waals surface area contributed by atoms with Crippen LogP contribution in [0.4, 0.5) is 11.4 Å². The number of aryl methyl sites for hydroxylation is 1. The van der Waals surface area contributed by atoms with Crippen LogP contribution in [0.25, 0.3) is 0 Å². The fourth-order valence-corrected chi connectivity index (χ4v) is 2.82. The summed E-state index contributed by atoms with van der Waals surface area (Å²) in [6.07, 6.45) is 0.504. The molecule has 0 saturated heterocycles. The molecule has 1 aliphatic carbocycles. The predicted octanol–water partition coefficient (Wildman–Crippen LogP) is 3.09. The van der Waals surface area contributed by atoms with Crippen molar-refractivity contribution in [2.24, 2.45) is 11.8 Å². The number of carbonyl (C=O) groups excluding carboxylic acids is 2. The number of carbonyl (C=O) groups is 2. The fraction of sp³-hybridized carbons (Fsp3) is 0.250. The maximum Gasteiger partial charge on any atom is 0.228 e. The van der Waals surface area contributed by atoms with Crippen molar-refractivity contribution >= 4 is 23.2 Å². The molecule has 0 spiro atoms. The molecule has 2 aromatic rings. The second-order valence-electron chi connectivity index (χ2n) is 6.32. The summed E-state index contributed by atoms with van der Waals surface area (Å²) in [5.41, 5.74) is 2.63. The number of nitriles is 1. The molecule has 1 fully saturated rings. The van der Waals surface area contributed by atoms with Crippen molar-refractivity contribution in [2.45, 2.75) is 13.3 Å². The summed E-state index contributed by atoms with van der Waals surface area (Å²) in [5, 5.41) is 14.5. The molecule has 2 unspecified atom stereocenters. The van der Waals surface area contributed by atoms with E-state index in [2.05, 4.69) is 10.6 Å². The molecule has 3 rings (SSSR count). The lowest BCUT2D eigenvalue weighted by atomic mass is 10.2. The minimum absolute atomic E-state index is 0.195. The monoisotopic (exact) mass is 349 g/mol. The average molecular weight is 349 g/mol. The number of anilines is 2. The molecule has 2 amide bonds. The Hall–Kier alpha value is -3.33. The summed E-state index contributed by atoms with van der Waals surface area (Å²) in [6.45, 7) is 1.93. The van der Waals surface area contributed by atoms with E-state index in [1.165, 1.54) is 0 Å². The Bertz CT molecular complexity index is 901. The number of nitrogens with one attached hydrogen (secondary N) is 2. The highest BCUT2D eigenvalue weighted by atomic mass is 16.5. The third kappa shape index (κ3) is 3.83. The Morgan fingerprint density at radius 2 is 1.85 bits per heavy atom. The third-order valence-electron chi connectivity index (χ3n) is 4.34. The summed E-state index contributed by atoms with van der Waals surface area (Å²) in [7, 11) is 1.54. The number of hydrogen-bond acceptors (Lipinski definition) is 4. The van der Waals surface area contributed by atoms with Gasteiger partial charge in [0, 0.05) is 5.69 Å². The Balaban J connectivity index is 1.61. The topological polar surface area (TPSA) is 91.2 Å². The average Bonchev–Trinajstić information content (AvgIpc) is 3.43. The van der Waals surface area contributed by atoms with Crippen LogP contribution in [0.3, 0.4) is 0 Å². The summed E-state index contributed by atoms with van der Waals surface area (Å²) < 4.78 is 5.26. The molecular weight excluding hydrogens is 330 g/mol. The maximum absolute atomic E-state index is 12.4. The van der Waals surface area contributed by atoms with Crippen LogP contribution >= 0.6 is 0 Å².